The maximum atomic E-state index is 10.3. The summed E-state index contributed by atoms with van der Waals surface area (Å²) >= 11 is 0. The number of rotatable bonds is 1. The highest BCUT2D eigenvalue weighted by Gasteiger charge is 2.29. The number of aliphatic hydroxyl groups is 1. The molecule has 2 atom stereocenters. The minimum Gasteiger partial charge on any atom is -0.481 e. The fraction of sp³-hybridized carbons (Fsp3) is 0.833. The molecule has 0 amide bonds. The summed E-state index contributed by atoms with van der Waals surface area (Å²) in [5.41, 5.74) is 0. The SMILES string of the molecule is O=C(O)[C@H]1CCOC[C@@H]1O. The van der Waals surface area contributed by atoms with E-state index in [9.17, 15) is 4.79 Å². The molecule has 0 aromatic heterocycles. The van der Waals surface area contributed by atoms with Gasteiger partial charge < -0.3 is 14.9 Å². The average molecular weight is 146 g/mol. The Morgan fingerprint density at radius 1 is 1.60 bits per heavy atom. The van der Waals surface area contributed by atoms with E-state index in [0.29, 0.717) is 13.0 Å². The first-order chi connectivity index (χ1) is 4.72. The third kappa shape index (κ3) is 1.46. The van der Waals surface area contributed by atoms with Gasteiger partial charge in [-0.25, -0.2) is 0 Å². The van der Waals surface area contributed by atoms with E-state index in [1.807, 2.05) is 0 Å². The summed E-state index contributed by atoms with van der Waals surface area (Å²) in [5, 5.41) is 17.5. The molecule has 0 unspecified atom stereocenters. The Morgan fingerprint density at radius 2 is 2.30 bits per heavy atom. The zero-order chi connectivity index (χ0) is 7.56. The molecular formula is C6H10O4. The fourth-order valence-electron chi connectivity index (χ4n) is 1.01. The molecule has 1 heterocycles. The molecule has 0 radical (unpaired) electrons. The van der Waals surface area contributed by atoms with Crippen molar-refractivity contribution in [3.63, 3.8) is 0 Å². The van der Waals surface area contributed by atoms with Crippen LogP contribution in [0.25, 0.3) is 0 Å². The molecule has 0 bridgehead atoms. The van der Waals surface area contributed by atoms with Gasteiger partial charge in [-0.1, -0.05) is 0 Å². The van der Waals surface area contributed by atoms with Crippen LogP contribution in [0.5, 0.6) is 0 Å². The van der Waals surface area contributed by atoms with E-state index in [4.69, 9.17) is 14.9 Å². The molecule has 1 aliphatic rings. The third-order valence-corrected chi connectivity index (χ3v) is 1.64. The molecule has 0 saturated carbocycles. The number of carboxylic acid groups (broad SMARTS) is 1. The molecule has 4 nitrogen and oxygen atoms in total. The first-order valence-electron chi connectivity index (χ1n) is 3.20. The standard InChI is InChI=1S/C6H10O4/c7-5-3-10-2-1-4(5)6(8)9/h4-5,7H,1-3H2,(H,8,9)/t4-,5-/m0/s1. The van der Waals surface area contributed by atoms with E-state index in [0.717, 1.165) is 0 Å². The lowest BCUT2D eigenvalue weighted by Crippen LogP contribution is -2.37. The monoisotopic (exact) mass is 146 g/mol. The molecule has 1 rings (SSSR count). The first-order valence-corrected chi connectivity index (χ1v) is 3.20. The zero-order valence-electron chi connectivity index (χ0n) is 5.49. The second kappa shape index (κ2) is 2.98. The quantitative estimate of drug-likeness (QED) is 0.521. The number of aliphatic hydroxyl groups excluding tert-OH is 1. The largest absolute Gasteiger partial charge is 0.481 e. The van der Waals surface area contributed by atoms with Crippen LogP contribution in [-0.2, 0) is 9.53 Å². The Hall–Kier alpha value is -0.610. The van der Waals surface area contributed by atoms with Crippen LogP contribution in [0.2, 0.25) is 0 Å². The summed E-state index contributed by atoms with van der Waals surface area (Å²) in [6, 6.07) is 0. The third-order valence-electron chi connectivity index (χ3n) is 1.64. The van der Waals surface area contributed by atoms with Crippen molar-refractivity contribution in [3.05, 3.63) is 0 Å². The van der Waals surface area contributed by atoms with Crippen molar-refractivity contribution in [3.8, 4) is 0 Å². The summed E-state index contributed by atoms with van der Waals surface area (Å²) in [6.07, 6.45) is -0.414. The van der Waals surface area contributed by atoms with Crippen molar-refractivity contribution < 1.29 is 19.7 Å². The molecule has 58 valence electrons. The number of aliphatic carboxylic acids is 1. The average Bonchev–Trinajstić information content (AvgIpc) is 1.88. The Kier molecular flexibility index (Phi) is 2.24. The Morgan fingerprint density at radius 3 is 2.70 bits per heavy atom. The van der Waals surface area contributed by atoms with Gasteiger partial charge in [0.15, 0.2) is 0 Å². The van der Waals surface area contributed by atoms with Crippen LogP contribution in [0.1, 0.15) is 6.42 Å². The molecule has 0 aromatic carbocycles. The molecule has 0 aromatic rings. The maximum Gasteiger partial charge on any atom is 0.309 e. The lowest BCUT2D eigenvalue weighted by Gasteiger charge is -2.23. The van der Waals surface area contributed by atoms with E-state index >= 15 is 0 Å². The molecule has 4 heteroatoms. The van der Waals surface area contributed by atoms with Gasteiger partial charge in [-0.2, -0.15) is 0 Å². The number of carbonyl (C=O) groups is 1. The Balaban J connectivity index is 2.47. The second-order valence-corrected chi connectivity index (χ2v) is 2.38. The van der Waals surface area contributed by atoms with Gasteiger partial charge >= 0.3 is 5.97 Å². The van der Waals surface area contributed by atoms with Gasteiger partial charge in [0.25, 0.3) is 0 Å². The van der Waals surface area contributed by atoms with Crippen molar-refractivity contribution in [2.45, 2.75) is 12.5 Å². The number of hydrogen-bond acceptors (Lipinski definition) is 3. The number of ether oxygens (including phenoxy) is 1. The molecule has 0 spiro atoms. The van der Waals surface area contributed by atoms with Gasteiger partial charge in [0, 0.05) is 6.61 Å². The van der Waals surface area contributed by atoms with Crippen LogP contribution in [0.15, 0.2) is 0 Å². The maximum absolute atomic E-state index is 10.3. The van der Waals surface area contributed by atoms with Crippen molar-refractivity contribution >= 4 is 5.97 Å². The lowest BCUT2D eigenvalue weighted by molar-refractivity contribution is -0.152. The topological polar surface area (TPSA) is 66.8 Å². The highest BCUT2D eigenvalue weighted by molar-refractivity contribution is 5.70. The van der Waals surface area contributed by atoms with Crippen LogP contribution >= 0.6 is 0 Å². The molecule has 0 aliphatic carbocycles. The van der Waals surface area contributed by atoms with E-state index in [-0.39, 0.29) is 6.61 Å². The molecule has 1 fully saturated rings. The zero-order valence-corrected chi connectivity index (χ0v) is 5.49. The molecule has 1 aliphatic heterocycles. The van der Waals surface area contributed by atoms with Crippen molar-refractivity contribution in [2.24, 2.45) is 5.92 Å². The van der Waals surface area contributed by atoms with Gasteiger partial charge in [-0.15, -0.1) is 0 Å². The minimum absolute atomic E-state index is 0.150. The van der Waals surface area contributed by atoms with Gasteiger partial charge in [0.05, 0.1) is 18.6 Å². The predicted molar refractivity (Wildman–Crippen MR) is 32.6 cm³/mol. The van der Waals surface area contributed by atoms with Crippen molar-refractivity contribution in [1.29, 1.82) is 0 Å². The number of carboxylic acids is 1. The summed E-state index contributed by atoms with van der Waals surface area (Å²) in [4.78, 5) is 10.3. The Bertz CT molecular complexity index is 134. The van der Waals surface area contributed by atoms with E-state index in [1.165, 1.54) is 0 Å². The van der Waals surface area contributed by atoms with Crippen molar-refractivity contribution in [1.82, 2.24) is 0 Å². The summed E-state index contributed by atoms with van der Waals surface area (Å²) < 4.78 is 4.85. The number of hydrogen-bond donors (Lipinski definition) is 2. The van der Waals surface area contributed by atoms with Crippen LogP contribution in [0, 0.1) is 5.92 Å². The molecule has 1 saturated heterocycles. The molecule has 10 heavy (non-hydrogen) atoms. The van der Waals surface area contributed by atoms with Gasteiger partial charge in [-0.3, -0.25) is 4.79 Å². The summed E-state index contributed by atoms with van der Waals surface area (Å²) in [6.45, 7) is 0.588. The molecular weight excluding hydrogens is 136 g/mol. The predicted octanol–water partition coefficient (Wildman–Crippen LogP) is -0.532. The molecule has 2 N–H and O–H groups in total. The highest BCUT2D eigenvalue weighted by Crippen LogP contribution is 2.14. The van der Waals surface area contributed by atoms with Crippen LogP contribution in [-0.4, -0.2) is 35.5 Å². The van der Waals surface area contributed by atoms with E-state index < -0.39 is 18.0 Å². The normalized spacial score (nSPS) is 33.7. The summed E-state index contributed by atoms with van der Waals surface area (Å²) in [5.74, 6) is -1.57. The Labute approximate surface area is 58.4 Å². The van der Waals surface area contributed by atoms with E-state index in [2.05, 4.69) is 0 Å². The van der Waals surface area contributed by atoms with Crippen molar-refractivity contribution in [2.75, 3.05) is 13.2 Å². The minimum atomic E-state index is -0.934. The summed E-state index contributed by atoms with van der Waals surface area (Å²) in [7, 11) is 0. The second-order valence-electron chi connectivity index (χ2n) is 2.38. The van der Waals surface area contributed by atoms with Gasteiger partial charge in [-0.05, 0) is 6.42 Å². The van der Waals surface area contributed by atoms with Crippen LogP contribution < -0.4 is 0 Å². The van der Waals surface area contributed by atoms with E-state index in [1.54, 1.807) is 0 Å². The highest BCUT2D eigenvalue weighted by atomic mass is 16.5. The first kappa shape index (κ1) is 7.50. The lowest BCUT2D eigenvalue weighted by atomic mass is 9.98. The smallest absolute Gasteiger partial charge is 0.309 e. The fourth-order valence-corrected chi connectivity index (χ4v) is 1.01. The van der Waals surface area contributed by atoms with Crippen LogP contribution in [0.4, 0.5) is 0 Å². The van der Waals surface area contributed by atoms with Crippen LogP contribution in [0.3, 0.4) is 0 Å². The van der Waals surface area contributed by atoms with Gasteiger partial charge in [0.2, 0.25) is 0 Å². The van der Waals surface area contributed by atoms with Gasteiger partial charge in [0.1, 0.15) is 0 Å².